The van der Waals surface area contributed by atoms with Gasteiger partial charge in [-0.25, -0.2) is 0 Å². The molecule has 2 atom stereocenters. The highest BCUT2D eigenvalue weighted by Gasteiger charge is 2.23. The van der Waals surface area contributed by atoms with Gasteiger partial charge < -0.3 is 10.5 Å². The highest BCUT2D eigenvalue weighted by molar-refractivity contribution is 8.00. The van der Waals surface area contributed by atoms with Gasteiger partial charge in [-0.1, -0.05) is 6.42 Å². The lowest BCUT2D eigenvalue weighted by Crippen LogP contribution is -2.26. The Hall–Kier alpha value is -0.220. The molecule has 0 amide bonds. The minimum atomic E-state index is -0.0911. The lowest BCUT2D eigenvalue weighted by molar-refractivity contribution is -0.142. The van der Waals surface area contributed by atoms with Crippen LogP contribution in [-0.2, 0) is 9.53 Å². The molecular weight excluding hydrogens is 198 g/mol. The molecule has 1 rings (SSSR count). The lowest BCUT2D eigenvalue weighted by Gasteiger charge is -2.13. The Morgan fingerprint density at radius 3 is 2.93 bits per heavy atom. The second-order valence-electron chi connectivity index (χ2n) is 3.56. The number of nitrogens with two attached hydrogens (primary N) is 1. The number of carbonyl (C=O) groups is 1. The Labute approximate surface area is 89.8 Å². The maximum Gasteiger partial charge on any atom is 0.306 e. The zero-order valence-electron chi connectivity index (χ0n) is 8.70. The van der Waals surface area contributed by atoms with E-state index in [4.69, 9.17) is 10.5 Å². The van der Waals surface area contributed by atoms with Crippen molar-refractivity contribution in [3.05, 3.63) is 0 Å². The molecule has 0 aromatic carbocycles. The fourth-order valence-electron chi connectivity index (χ4n) is 1.69. The molecule has 0 heterocycles. The SMILES string of the molecule is CCOC(=O)CCSC1CCCC1N. The Balaban J connectivity index is 2.06. The molecule has 0 radical (unpaired) electrons. The summed E-state index contributed by atoms with van der Waals surface area (Å²) in [6, 6.07) is 0.335. The summed E-state index contributed by atoms with van der Waals surface area (Å²) in [5.74, 6) is 0.753. The largest absolute Gasteiger partial charge is 0.466 e. The normalized spacial score (nSPS) is 26.4. The summed E-state index contributed by atoms with van der Waals surface area (Å²) in [6.45, 7) is 2.31. The summed E-state index contributed by atoms with van der Waals surface area (Å²) < 4.78 is 4.85. The van der Waals surface area contributed by atoms with Crippen molar-refractivity contribution in [1.29, 1.82) is 0 Å². The predicted octanol–water partition coefficient (Wildman–Crippen LogP) is 1.55. The van der Waals surface area contributed by atoms with Crippen molar-refractivity contribution in [2.45, 2.75) is 43.9 Å². The van der Waals surface area contributed by atoms with Crippen molar-refractivity contribution in [3.8, 4) is 0 Å². The van der Waals surface area contributed by atoms with Crippen molar-refractivity contribution in [2.75, 3.05) is 12.4 Å². The highest BCUT2D eigenvalue weighted by atomic mass is 32.2. The summed E-state index contributed by atoms with van der Waals surface area (Å²) in [6.07, 6.45) is 4.09. The number of thioether (sulfide) groups is 1. The molecule has 4 heteroatoms. The van der Waals surface area contributed by atoms with E-state index < -0.39 is 0 Å². The Kier molecular flexibility index (Phi) is 5.33. The molecule has 2 N–H and O–H groups in total. The number of ether oxygens (including phenoxy) is 1. The first-order valence-electron chi connectivity index (χ1n) is 5.27. The van der Waals surface area contributed by atoms with E-state index in [1.54, 1.807) is 0 Å². The summed E-state index contributed by atoms with van der Waals surface area (Å²) in [5.41, 5.74) is 5.92. The van der Waals surface area contributed by atoms with Crippen molar-refractivity contribution < 1.29 is 9.53 Å². The first-order chi connectivity index (χ1) is 6.74. The average Bonchev–Trinajstić information content (AvgIpc) is 2.52. The van der Waals surface area contributed by atoms with E-state index in [0.29, 0.717) is 24.3 Å². The van der Waals surface area contributed by atoms with Gasteiger partial charge >= 0.3 is 5.97 Å². The van der Waals surface area contributed by atoms with Crippen LogP contribution in [0.25, 0.3) is 0 Å². The quantitative estimate of drug-likeness (QED) is 0.710. The fourth-order valence-corrected chi connectivity index (χ4v) is 2.99. The van der Waals surface area contributed by atoms with E-state index in [2.05, 4.69) is 0 Å². The van der Waals surface area contributed by atoms with Crippen molar-refractivity contribution in [2.24, 2.45) is 5.73 Å². The number of rotatable bonds is 5. The van der Waals surface area contributed by atoms with Gasteiger partial charge in [0.2, 0.25) is 0 Å². The summed E-state index contributed by atoms with van der Waals surface area (Å²) in [5, 5.41) is 0.560. The number of esters is 1. The molecule has 82 valence electrons. The molecule has 0 aromatic rings. The highest BCUT2D eigenvalue weighted by Crippen LogP contribution is 2.28. The molecule has 0 aliphatic heterocycles. The van der Waals surface area contributed by atoms with Gasteiger partial charge in [0.15, 0.2) is 0 Å². The number of carbonyl (C=O) groups excluding carboxylic acids is 1. The molecular formula is C10H19NO2S. The molecule has 1 saturated carbocycles. The van der Waals surface area contributed by atoms with Gasteiger partial charge in [0.25, 0.3) is 0 Å². The Morgan fingerprint density at radius 2 is 2.36 bits per heavy atom. The van der Waals surface area contributed by atoms with E-state index >= 15 is 0 Å². The van der Waals surface area contributed by atoms with E-state index in [-0.39, 0.29) is 5.97 Å². The molecule has 14 heavy (non-hydrogen) atoms. The summed E-state index contributed by atoms with van der Waals surface area (Å²) >= 11 is 1.82. The molecule has 1 aliphatic rings. The van der Waals surface area contributed by atoms with Crippen LogP contribution in [-0.4, -0.2) is 29.6 Å². The average molecular weight is 217 g/mol. The lowest BCUT2D eigenvalue weighted by atomic mass is 10.3. The standard InChI is InChI=1S/C10H19NO2S/c1-2-13-10(12)6-7-14-9-5-3-4-8(9)11/h8-9H,2-7,11H2,1H3. The second kappa shape index (κ2) is 6.30. The smallest absolute Gasteiger partial charge is 0.306 e. The van der Waals surface area contributed by atoms with Crippen LogP contribution in [0.1, 0.15) is 32.6 Å². The van der Waals surface area contributed by atoms with Gasteiger partial charge in [-0.05, 0) is 19.8 Å². The van der Waals surface area contributed by atoms with Crippen LogP contribution in [0.3, 0.4) is 0 Å². The van der Waals surface area contributed by atoms with Crippen LogP contribution >= 0.6 is 11.8 Å². The van der Waals surface area contributed by atoms with E-state index in [1.165, 1.54) is 12.8 Å². The molecule has 0 saturated heterocycles. The summed E-state index contributed by atoms with van der Waals surface area (Å²) in [7, 11) is 0. The van der Waals surface area contributed by atoms with Crippen molar-refractivity contribution in [1.82, 2.24) is 0 Å². The molecule has 2 unspecified atom stereocenters. The van der Waals surface area contributed by atoms with E-state index in [9.17, 15) is 4.79 Å². The third kappa shape index (κ3) is 3.88. The van der Waals surface area contributed by atoms with Gasteiger partial charge in [-0.15, -0.1) is 0 Å². The molecule has 3 nitrogen and oxygen atoms in total. The minimum absolute atomic E-state index is 0.0911. The van der Waals surface area contributed by atoms with E-state index in [1.807, 2.05) is 18.7 Å². The first kappa shape index (κ1) is 11.9. The number of hydrogen-bond donors (Lipinski definition) is 1. The van der Waals surface area contributed by atoms with Crippen molar-refractivity contribution in [3.63, 3.8) is 0 Å². The Bertz CT molecular complexity index is 187. The Morgan fingerprint density at radius 1 is 1.57 bits per heavy atom. The first-order valence-corrected chi connectivity index (χ1v) is 6.31. The molecule has 1 fully saturated rings. The zero-order chi connectivity index (χ0) is 10.4. The summed E-state index contributed by atoms with van der Waals surface area (Å²) in [4.78, 5) is 11.0. The maximum atomic E-state index is 11.0. The van der Waals surface area contributed by atoms with Gasteiger partial charge in [-0.3, -0.25) is 4.79 Å². The fraction of sp³-hybridized carbons (Fsp3) is 0.900. The third-order valence-electron chi connectivity index (χ3n) is 2.45. The minimum Gasteiger partial charge on any atom is -0.466 e. The molecule has 1 aliphatic carbocycles. The van der Waals surface area contributed by atoms with Gasteiger partial charge in [0.05, 0.1) is 13.0 Å². The third-order valence-corrected chi connectivity index (χ3v) is 3.90. The van der Waals surface area contributed by atoms with Crippen LogP contribution in [0.4, 0.5) is 0 Å². The van der Waals surface area contributed by atoms with Gasteiger partial charge in [-0.2, -0.15) is 11.8 Å². The van der Waals surface area contributed by atoms with Crippen LogP contribution < -0.4 is 5.73 Å². The topological polar surface area (TPSA) is 52.3 Å². The van der Waals surface area contributed by atoms with Gasteiger partial charge in [0.1, 0.15) is 0 Å². The zero-order valence-corrected chi connectivity index (χ0v) is 9.52. The van der Waals surface area contributed by atoms with Crippen LogP contribution in [0.5, 0.6) is 0 Å². The van der Waals surface area contributed by atoms with Gasteiger partial charge in [0, 0.05) is 17.0 Å². The molecule has 0 spiro atoms. The van der Waals surface area contributed by atoms with Crippen LogP contribution in [0.2, 0.25) is 0 Å². The van der Waals surface area contributed by atoms with Crippen molar-refractivity contribution >= 4 is 17.7 Å². The maximum absolute atomic E-state index is 11.0. The molecule has 0 aromatic heterocycles. The number of hydrogen-bond acceptors (Lipinski definition) is 4. The van der Waals surface area contributed by atoms with Crippen LogP contribution in [0, 0.1) is 0 Å². The monoisotopic (exact) mass is 217 g/mol. The second-order valence-corrected chi connectivity index (χ2v) is 4.91. The van der Waals surface area contributed by atoms with E-state index in [0.717, 1.165) is 12.2 Å². The van der Waals surface area contributed by atoms with Crippen LogP contribution in [0.15, 0.2) is 0 Å². The predicted molar refractivity (Wildman–Crippen MR) is 59.3 cm³/mol. The molecule has 0 bridgehead atoms.